The number of hydrogen-bond donors (Lipinski definition) is 1. The van der Waals surface area contributed by atoms with Gasteiger partial charge in [-0.15, -0.1) is 11.8 Å². The Kier molecular flexibility index (Phi) is 7.95. The van der Waals surface area contributed by atoms with Crippen LogP contribution in [0.1, 0.15) is 24.1 Å². The second-order valence-electron chi connectivity index (χ2n) is 7.45. The largest absolute Gasteiger partial charge is 0.354 e. The fraction of sp³-hybridized carbons (Fsp3) is 0.435. The lowest BCUT2D eigenvalue weighted by atomic mass is 10.0. The molecule has 2 atom stereocenters. The average Bonchev–Trinajstić information content (AvgIpc) is 2.74. The van der Waals surface area contributed by atoms with Crippen molar-refractivity contribution in [1.82, 2.24) is 15.1 Å². The van der Waals surface area contributed by atoms with Crippen LogP contribution in [0.5, 0.6) is 0 Å². The molecule has 0 aromatic heterocycles. The number of likely N-dealkylation sites (N-methyl/N-ethyl adjacent to an activating group) is 1. The highest BCUT2D eigenvalue weighted by Gasteiger charge is 2.26. The summed E-state index contributed by atoms with van der Waals surface area (Å²) in [6.45, 7) is 6.70. The predicted octanol–water partition coefficient (Wildman–Crippen LogP) is 3.41. The van der Waals surface area contributed by atoms with E-state index in [1.807, 2.05) is 25.1 Å². The third kappa shape index (κ3) is 6.09. The number of hydrogen-bond acceptors (Lipinski definition) is 4. The molecule has 0 spiro atoms. The zero-order chi connectivity index (χ0) is 19.8. The van der Waals surface area contributed by atoms with Gasteiger partial charge in [0.2, 0.25) is 5.91 Å². The predicted molar refractivity (Wildman–Crippen MR) is 118 cm³/mol. The molecule has 0 aliphatic carbocycles. The summed E-state index contributed by atoms with van der Waals surface area (Å²) >= 11 is 1.69. The van der Waals surface area contributed by atoms with Crippen LogP contribution in [-0.2, 0) is 10.5 Å². The fourth-order valence-corrected chi connectivity index (χ4v) is 4.42. The zero-order valence-corrected chi connectivity index (χ0v) is 17.7. The van der Waals surface area contributed by atoms with Gasteiger partial charge in [-0.1, -0.05) is 60.7 Å². The molecule has 150 valence electrons. The minimum absolute atomic E-state index is 0.0439. The van der Waals surface area contributed by atoms with Gasteiger partial charge >= 0.3 is 0 Å². The summed E-state index contributed by atoms with van der Waals surface area (Å²) in [5.74, 6) is 0.996. The van der Waals surface area contributed by atoms with Crippen LogP contribution < -0.4 is 5.32 Å². The van der Waals surface area contributed by atoms with Crippen molar-refractivity contribution in [3.8, 4) is 0 Å². The summed E-state index contributed by atoms with van der Waals surface area (Å²) in [7, 11) is 2.18. The Morgan fingerprint density at radius 3 is 2.50 bits per heavy atom. The summed E-state index contributed by atoms with van der Waals surface area (Å²) in [6, 6.07) is 21.4. The maximum absolute atomic E-state index is 12.5. The monoisotopic (exact) mass is 397 g/mol. The second kappa shape index (κ2) is 10.6. The molecule has 3 rings (SSSR count). The summed E-state index contributed by atoms with van der Waals surface area (Å²) in [5.41, 5.74) is 2.61. The van der Waals surface area contributed by atoms with Crippen LogP contribution in [0.15, 0.2) is 60.7 Å². The van der Waals surface area contributed by atoms with Crippen molar-refractivity contribution in [2.45, 2.75) is 24.0 Å². The Bertz CT molecular complexity index is 725. The number of nitrogens with one attached hydrogen (secondary N) is 1. The minimum atomic E-state index is -0.0439. The normalized spacial score (nSPS) is 19.3. The lowest BCUT2D eigenvalue weighted by Crippen LogP contribution is -2.49. The van der Waals surface area contributed by atoms with Gasteiger partial charge < -0.3 is 10.2 Å². The number of rotatable bonds is 8. The molecule has 28 heavy (non-hydrogen) atoms. The lowest BCUT2D eigenvalue weighted by Gasteiger charge is -2.40. The molecule has 1 heterocycles. The van der Waals surface area contributed by atoms with E-state index in [4.69, 9.17) is 0 Å². The Morgan fingerprint density at radius 2 is 1.79 bits per heavy atom. The van der Waals surface area contributed by atoms with E-state index in [1.165, 1.54) is 11.1 Å². The molecule has 1 saturated heterocycles. The van der Waals surface area contributed by atoms with Crippen LogP contribution in [0.25, 0.3) is 0 Å². The van der Waals surface area contributed by atoms with Crippen LogP contribution in [0.3, 0.4) is 0 Å². The molecule has 1 aliphatic rings. The maximum atomic E-state index is 12.5. The van der Waals surface area contributed by atoms with Crippen molar-refractivity contribution in [1.29, 1.82) is 0 Å². The molecule has 1 amide bonds. The van der Waals surface area contributed by atoms with E-state index in [0.717, 1.165) is 31.9 Å². The van der Waals surface area contributed by atoms with Crippen LogP contribution in [0.2, 0.25) is 0 Å². The second-order valence-corrected chi connectivity index (χ2v) is 8.78. The molecule has 1 aliphatic heterocycles. The molecule has 0 saturated carbocycles. The fourth-order valence-electron chi connectivity index (χ4n) is 3.55. The van der Waals surface area contributed by atoms with Gasteiger partial charge in [0.1, 0.15) is 0 Å². The summed E-state index contributed by atoms with van der Waals surface area (Å²) < 4.78 is 0. The van der Waals surface area contributed by atoms with Gasteiger partial charge in [-0.2, -0.15) is 0 Å². The first-order valence-corrected chi connectivity index (χ1v) is 11.1. The van der Waals surface area contributed by atoms with E-state index in [9.17, 15) is 4.79 Å². The minimum Gasteiger partial charge on any atom is -0.354 e. The topological polar surface area (TPSA) is 35.6 Å². The van der Waals surface area contributed by atoms with Crippen LogP contribution in [-0.4, -0.2) is 60.7 Å². The van der Waals surface area contributed by atoms with E-state index in [0.29, 0.717) is 12.6 Å². The lowest BCUT2D eigenvalue weighted by molar-refractivity contribution is -0.120. The van der Waals surface area contributed by atoms with Gasteiger partial charge in [-0.3, -0.25) is 9.69 Å². The van der Waals surface area contributed by atoms with Gasteiger partial charge in [0.05, 0.1) is 5.25 Å². The van der Waals surface area contributed by atoms with Crippen molar-refractivity contribution in [3.63, 3.8) is 0 Å². The molecule has 0 bridgehead atoms. The third-order valence-electron chi connectivity index (χ3n) is 5.29. The third-order valence-corrected chi connectivity index (χ3v) is 6.50. The van der Waals surface area contributed by atoms with Crippen LogP contribution in [0.4, 0.5) is 0 Å². The summed E-state index contributed by atoms with van der Waals surface area (Å²) in [5, 5.41) is 3.09. The molecule has 2 aromatic carbocycles. The van der Waals surface area contributed by atoms with Gasteiger partial charge in [-0.25, -0.2) is 0 Å². The molecule has 1 N–H and O–H groups in total. The SMILES string of the molecule is C[C@H](SCc1ccccc1)C(=O)NCCN1CCN(C)C[C@H]1c1ccccc1. The number of benzene rings is 2. The van der Waals surface area contributed by atoms with Crippen molar-refractivity contribution in [2.75, 3.05) is 39.8 Å². The first-order chi connectivity index (χ1) is 13.6. The van der Waals surface area contributed by atoms with E-state index in [2.05, 4.69) is 64.6 Å². The number of nitrogens with zero attached hydrogens (tertiary/aromatic N) is 2. The summed E-state index contributed by atoms with van der Waals surface area (Å²) in [4.78, 5) is 17.3. The maximum Gasteiger partial charge on any atom is 0.232 e. The molecular formula is C23H31N3OS. The highest BCUT2D eigenvalue weighted by Crippen LogP contribution is 2.24. The first-order valence-electron chi connectivity index (χ1n) is 10.0. The van der Waals surface area contributed by atoms with Gasteiger partial charge in [-0.05, 0) is 25.1 Å². The number of amides is 1. The van der Waals surface area contributed by atoms with E-state index < -0.39 is 0 Å². The molecular weight excluding hydrogens is 366 g/mol. The number of thioether (sulfide) groups is 1. The zero-order valence-electron chi connectivity index (χ0n) is 16.9. The molecule has 4 nitrogen and oxygen atoms in total. The number of piperazine rings is 1. The quantitative estimate of drug-likeness (QED) is 0.740. The van der Waals surface area contributed by atoms with E-state index >= 15 is 0 Å². The smallest absolute Gasteiger partial charge is 0.232 e. The standard InChI is InChI=1S/C23H31N3OS/c1-19(28-18-20-9-5-3-6-10-20)23(27)24-13-14-26-16-15-25(2)17-22(26)21-11-7-4-8-12-21/h3-12,19,22H,13-18H2,1-2H3,(H,24,27)/t19-,22-/m0/s1. The molecule has 0 unspecified atom stereocenters. The Hall–Kier alpha value is -1.82. The molecule has 1 fully saturated rings. The van der Waals surface area contributed by atoms with E-state index in [-0.39, 0.29) is 11.2 Å². The first kappa shape index (κ1) is 20.9. The van der Waals surface area contributed by atoms with Crippen LogP contribution >= 0.6 is 11.8 Å². The van der Waals surface area contributed by atoms with Crippen molar-refractivity contribution >= 4 is 17.7 Å². The van der Waals surface area contributed by atoms with Gasteiger partial charge in [0.25, 0.3) is 0 Å². The van der Waals surface area contributed by atoms with Crippen molar-refractivity contribution in [2.24, 2.45) is 0 Å². The Balaban J connectivity index is 1.45. The average molecular weight is 398 g/mol. The van der Waals surface area contributed by atoms with Crippen molar-refractivity contribution in [3.05, 3.63) is 71.8 Å². The summed E-state index contributed by atoms with van der Waals surface area (Å²) in [6.07, 6.45) is 0. The van der Waals surface area contributed by atoms with E-state index in [1.54, 1.807) is 11.8 Å². The number of carbonyl (C=O) groups excluding carboxylic acids is 1. The Morgan fingerprint density at radius 1 is 1.11 bits per heavy atom. The highest BCUT2D eigenvalue weighted by atomic mass is 32.2. The molecule has 2 aromatic rings. The molecule has 0 radical (unpaired) electrons. The van der Waals surface area contributed by atoms with Crippen LogP contribution in [0, 0.1) is 0 Å². The Labute approximate surface area is 173 Å². The van der Waals surface area contributed by atoms with Gasteiger partial charge in [0, 0.05) is 44.5 Å². The highest BCUT2D eigenvalue weighted by molar-refractivity contribution is 7.99. The number of carbonyl (C=O) groups is 1. The van der Waals surface area contributed by atoms with Crippen molar-refractivity contribution < 1.29 is 4.79 Å². The molecule has 5 heteroatoms. The van der Waals surface area contributed by atoms with Gasteiger partial charge in [0.15, 0.2) is 0 Å².